The van der Waals surface area contributed by atoms with Gasteiger partial charge in [0.25, 0.3) is 0 Å². The molecule has 0 bridgehead atoms. The Kier molecular flexibility index (Phi) is 9.41. The number of benzene rings is 1. The fourth-order valence-electron chi connectivity index (χ4n) is 2.63. The number of methoxy groups -OCH3 is 1. The van der Waals surface area contributed by atoms with Gasteiger partial charge >= 0.3 is 31.1 Å². The second-order valence-corrected chi connectivity index (χ2v) is 5.85. The molecule has 3 rings (SSSR count). The van der Waals surface area contributed by atoms with Crippen molar-refractivity contribution in [3.63, 3.8) is 0 Å². The molecular formula is C21H22FN5OU. The summed E-state index contributed by atoms with van der Waals surface area (Å²) in [7, 11) is 1.57. The number of pyridine rings is 1. The molecular weight excluding hydrogens is 595 g/mol. The smallest absolute Gasteiger partial charge is 0.494 e. The van der Waals surface area contributed by atoms with E-state index in [0.717, 1.165) is 10.9 Å². The van der Waals surface area contributed by atoms with Crippen LogP contribution in [-0.4, -0.2) is 34.3 Å². The number of nitrogens with one attached hydrogen (secondary N) is 1. The van der Waals surface area contributed by atoms with Gasteiger partial charge < -0.3 is 22.5 Å². The largest absolute Gasteiger partial charge is 2.00 e. The molecule has 6 nitrogen and oxygen atoms in total. The number of aromatic nitrogens is 3. The quantitative estimate of drug-likeness (QED) is 0.324. The van der Waals surface area contributed by atoms with Gasteiger partial charge in [0.15, 0.2) is 0 Å². The van der Waals surface area contributed by atoms with Crippen LogP contribution >= 0.6 is 0 Å². The van der Waals surface area contributed by atoms with Gasteiger partial charge in [-0.05, 0) is 30.3 Å². The number of nitrogens with zero attached hydrogens (tertiary/aromatic N) is 4. The maximum atomic E-state index is 13.2. The first-order valence-corrected chi connectivity index (χ1v) is 8.31. The molecule has 148 valence electrons. The van der Waals surface area contributed by atoms with E-state index in [1.54, 1.807) is 20.1 Å². The zero-order valence-corrected chi connectivity index (χ0v) is 21.0. The van der Waals surface area contributed by atoms with Crippen molar-refractivity contribution in [3.05, 3.63) is 62.3 Å². The fourth-order valence-corrected chi connectivity index (χ4v) is 2.63. The molecule has 0 saturated carbocycles. The molecule has 0 saturated heterocycles. The van der Waals surface area contributed by atoms with Crippen molar-refractivity contribution in [1.82, 2.24) is 15.0 Å². The number of halogens is 1. The molecule has 2 heterocycles. The van der Waals surface area contributed by atoms with E-state index >= 15 is 0 Å². The van der Waals surface area contributed by atoms with Crippen molar-refractivity contribution in [3.8, 4) is 17.0 Å². The van der Waals surface area contributed by atoms with Crippen LogP contribution in [0, 0.1) is 44.4 Å². The number of rotatable bonds is 6. The second-order valence-electron chi connectivity index (χ2n) is 5.85. The maximum absolute atomic E-state index is 13.2. The first kappa shape index (κ1) is 24.7. The van der Waals surface area contributed by atoms with Gasteiger partial charge in [-0.15, -0.1) is 6.92 Å². The second kappa shape index (κ2) is 11.0. The average Bonchev–Trinajstić information content (AvgIpc) is 2.68. The fraction of sp³-hybridized carbons (Fsp3) is 0.190. The molecule has 0 aliphatic carbocycles. The van der Waals surface area contributed by atoms with E-state index in [1.807, 2.05) is 19.1 Å². The summed E-state index contributed by atoms with van der Waals surface area (Å²) in [6.07, 6.45) is 5.36. The van der Waals surface area contributed by atoms with Crippen LogP contribution in [0.1, 0.15) is 13.8 Å². The third kappa shape index (κ3) is 5.62. The van der Waals surface area contributed by atoms with Gasteiger partial charge in [-0.25, -0.2) is 14.4 Å². The first-order valence-electron chi connectivity index (χ1n) is 8.31. The molecule has 0 aliphatic rings. The van der Waals surface area contributed by atoms with E-state index in [0.29, 0.717) is 28.5 Å². The molecule has 29 heavy (non-hydrogen) atoms. The summed E-state index contributed by atoms with van der Waals surface area (Å²) in [5.74, 6) is 0.797. The van der Waals surface area contributed by atoms with Gasteiger partial charge in [0.1, 0.15) is 29.2 Å². The van der Waals surface area contributed by atoms with Gasteiger partial charge in [-0.2, -0.15) is 12.8 Å². The first-order chi connectivity index (χ1) is 13.0. The number of ether oxygens (including phenoxy) is 1. The predicted molar refractivity (Wildman–Crippen MR) is 111 cm³/mol. The molecule has 2 aromatic heterocycles. The molecule has 3 aromatic rings. The van der Waals surface area contributed by atoms with Gasteiger partial charge in [-0.3, -0.25) is 4.98 Å². The number of anilines is 1. The summed E-state index contributed by atoms with van der Waals surface area (Å²) in [5.41, 5.74) is 2.68. The Bertz CT molecular complexity index is 1010. The van der Waals surface area contributed by atoms with E-state index in [4.69, 9.17) is 4.74 Å². The molecule has 0 spiro atoms. The van der Waals surface area contributed by atoms with Crippen molar-refractivity contribution in [1.29, 1.82) is 0 Å². The third-order valence-corrected chi connectivity index (χ3v) is 4.06. The number of hydrogen-bond donors (Lipinski definition) is 1. The van der Waals surface area contributed by atoms with Crippen molar-refractivity contribution in [2.45, 2.75) is 19.9 Å². The van der Waals surface area contributed by atoms with Crippen molar-refractivity contribution < 1.29 is 40.2 Å². The topological polar surface area (TPSA) is 72.3 Å². The zero-order valence-electron chi connectivity index (χ0n) is 16.8. The van der Waals surface area contributed by atoms with Gasteiger partial charge in [-0.1, -0.05) is 12.6 Å². The van der Waals surface area contributed by atoms with Crippen LogP contribution < -0.4 is 10.1 Å². The Morgan fingerprint density at radius 1 is 1.28 bits per heavy atom. The van der Waals surface area contributed by atoms with Crippen LogP contribution in [0.25, 0.3) is 22.2 Å². The van der Waals surface area contributed by atoms with Gasteiger partial charge in [0, 0.05) is 10.9 Å². The van der Waals surface area contributed by atoms with Crippen LogP contribution in [0.2, 0.25) is 0 Å². The molecule has 0 fully saturated rings. The number of aliphatic imine (C=N–C) groups is 1. The zero-order chi connectivity index (χ0) is 19.4. The maximum Gasteiger partial charge on any atom is 2.00 e. The van der Waals surface area contributed by atoms with Crippen LogP contribution in [0.4, 0.5) is 10.2 Å². The van der Waals surface area contributed by atoms with E-state index in [2.05, 4.69) is 38.1 Å². The van der Waals surface area contributed by atoms with Crippen LogP contribution in [-0.2, 0) is 0 Å². The minimum Gasteiger partial charge on any atom is -0.494 e. The Hall–Kier alpha value is -2.30. The normalized spacial score (nSPS) is 11.4. The molecule has 0 radical (unpaired) electrons. The summed E-state index contributed by atoms with van der Waals surface area (Å²) in [6, 6.07) is 6.53. The van der Waals surface area contributed by atoms with Crippen LogP contribution in [0.3, 0.4) is 0 Å². The van der Waals surface area contributed by atoms with E-state index < -0.39 is 5.82 Å². The van der Waals surface area contributed by atoms with Crippen molar-refractivity contribution in [2.75, 3.05) is 12.4 Å². The molecule has 0 aliphatic heterocycles. The van der Waals surface area contributed by atoms with Crippen LogP contribution in [0.5, 0.6) is 5.75 Å². The third-order valence-electron chi connectivity index (χ3n) is 4.06. The average molecular weight is 617 g/mol. The summed E-state index contributed by atoms with van der Waals surface area (Å²) >= 11 is 0. The van der Waals surface area contributed by atoms with Crippen molar-refractivity contribution in [2.24, 2.45) is 4.99 Å². The molecule has 1 unspecified atom stereocenters. The van der Waals surface area contributed by atoms with E-state index in [9.17, 15) is 4.39 Å². The number of fused-ring (bicyclic) bond motifs is 1. The standard InChI is InChI=1S/C20H19FN5O.CH3.U/c1-5-22-12(2)13(3)26-20-16-8-14(17-7-6-15(21)10-23-17)9-18(27-4)19(16)24-11-25-20;;/h6-11,13H,2H2,1,3-4H3,(H,24,25,26);1H3;/q2*-1;+2. The molecule has 1 N–H and O–H groups in total. The molecule has 1 atom stereocenters. The Morgan fingerprint density at radius 2 is 2.03 bits per heavy atom. The van der Waals surface area contributed by atoms with Gasteiger partial charge in [0.05, 0.1) is 19.0 Å². The summed E-state index contributed by atoms with van der Waals surface area (Å²) in [4.78, 5) is 16.9. The van der Waals surface area contributed by atoms with E-state index in [1.165, 1.54) is 18.6 Å². The molecule has 8 heteroatoms. The molecule has 1 aromatic carbocycles. The molecule has 0 amide bonds. The van der Waals surface area contributed by atoms with Crippen LogP contribution in [0.15, 0.2) is 54.1 Å². The summed E-state index contributed by atoms with van der Waals surface area (Å²) < 4.78 is 18.7. The van der Waals surface area contributed by atoms with Gasteiger partial charge in [0.2, 0.25) is 0 Å². The minimum atomic E-state index is -0.391. The van der Waals surface area contributed by atoms with E-state index in [-0.39, 0.29) is 44.6 Å². The minimum absolute atomic E-state index is 0. The Labute approximate surface area is 194 Å². The SMILES string of the molecule is C=C(N=[C-]C)C(C)Nc1ncnc2c(OC)cc(-c3ccc(F)cn3)cc12.[CH3-].[U+2]. The Balaban J connectivity index is 0.00000210. The summed E-state index contributed by atoms with van der Waals surface area (Å²) in [5, 5.41) is 4.04. The van der Waals surface area contributed by atoms with Crippen molar-refractivity contribution >= 4 is 22.9 Å². The predicted octanol–water partition coefficient (Wildman–Crippen LogP) is 4.57. The Morgan fingerprint density at radius 3 is 2.66 bits per heavy atom. The number of hydrogen-bond acceptors (Lipinski definition) is 6. The summed E-state index contributed by atoms with van der Waals surface area (Å²) in [6.45, 7) is 7.57. The monoisotopic (exact) mass is 617 g/mol.